The molecule has 1 aliphatic rings. The van der Waals surface area contributed by atoms with E-state index in [1.165, 1.54) is 18.4 Å². The van der Waals surface area contributed by atoms with Crippen molar-refractivity contribution in [2.24, 2.45) is 7.05 Å². The normalized spacial score (nSPS) is 17.6. The maximum atomic E-state index is 12.5. The molecule has 5 heteroatoms. The quantitative estimate of drug-likeness (QED) is 0.922. The Morgan fingerprint density at radius 3 is 2.38 bits per heavy atom. The van der Waals surface area contributed by atoms with Gasteiger partial charge in [-0.1, -0.05) is 12.8 Å². The fourth-order valence-electron chi connectivity index (χ4n) is 2.98. The molecule has 0 bridgehead atoms. The molecule has 2 rings (SSSR count). The maximum Gasteiger partial charge on any atom is 0.239 e. The minimum Gasteiger partial charge on any atom is -0.341 e. The van der Waals surface area contributed by atoms with Crippen LogP contribution in [0, 0.1) is 13.8 Å². The summed E-state index contributed by atoms with van der Waals surface area (Å²) >= 11 is 0. The highest BCUT2D eigenvalue weighted by atomic mass is 16.2. The molecule has 1 aromatic rings. The van der Waals surface area contributed by atoms with Crippen LogP contribution < -0.4 is 5.32 Å². The minimum absolute atomic E-state index is 0.137. The maximum absolute atomic E-state index is 12.5. The van der Waals surface area contributed by atoms with Crippen LogP contribution in [0.15, 0.2) is 0 Å². The number of likely N-dealkylation sites (tertiary alicyclic amines) is 1. The van der Waals surface area contributed by atoms with Crippen LogP contribution in [-0.2, 0) is 18.4 Å². The number of amides is 1. The SMILES string of the molecule is Cc1nn(C)c(C)c1CNC(C)C(=O)N1CCCCCC1. The molecular weight excluding hydrogens is 264 g/mol. The molecular formula is C16H28N4O. The molecule has 0 spiro atoms. The van der Waals surface area contributed by atoms with Gasteiger partial charge in [0.05, 0.1) is 11.7 Å². The van der Waals surface area contributed by atoms with E-state index in [4.69, 9.17) is 0 Å². The first-order valence-electron chi connectivity index (χ1n) is 8.02. The summed E-state index contributed by atoms with van der Waals surface area (Å²) in [6, 6.07) is -0.137. The second-order valence-corrected chi connectivity index (χ2v) is 6.12. The first kappa shape index (κ1) is 16.0. The van der Waals surface area contributed by atoms with Gasteiger partial charge in [0, 0.05) is 37.9 Å². The van der Waals surface area contributed by atoms with Crippen molar-refractivity contribution in [3.8, 4) is 0 Å². The second-order valence-electron chi connectivity index (χ2n) is 6.12. The topological polar surface area (TPSA) is 50.2 Å². The van der Waals surface area contributed by atoms with E-state index < -0.39 is 0 Å². The van der Waals surface area contributed by atoms with E-state index in [1.807, 2.05) is 30.5 Å². The van der Waals surface area contributed by atoms with Crippen molar-refractivity contribution >= 4 is 5.91 Å². The minimum atomic E-state index is -0.137. The highest BCUT2D eigenvalue weighted by Crippen LogP contribution is 2.13. The number of hydrogen-bond acceptors (Lipinski definition) is 3. The second kappa shape index (κ2) is 7.07. The fourth-order valence-corrected chi connectivity index (χ4v) is 2.98. The summed E-state index contributed by atoms with van der Waals surface area (Å²) in [5.74, 6) is 0.232. The zero-order valence-electron chi connectivity index (χ0n) is 13.8. The van der Waals surface area contributed by atoms with Gasteiger partial charge >= 0.3 is 0 Å². The lowest BCUT2D eigenvalue weighted by molar-refractivity contribution is -0.133. The average molecular weight is 292 g/mol. The van der Waals surface area contributed by atoms with Gasteiger partial charge in [-0.25, -0.2) is 0 Å². The number of rotatable bonds is 4. The smallest absolute Gasteiger partial charge is 0.239 e. The lowest BCUT2D eigenvalue weighted by Gasteiger charge is -2.24. The third-order valence-corrected chi connectivity index (χ3v) is 4.53. The fraction of sp³-hybridized carbons (Fsp3) is 0.750. The van der Waals surface area contributed by atoms with Gasteiger partial charge in [-0.15, -0.1) is 0 Å². The molecule has 1 fully saturated rings. The molecule has 1 aliphatic heterocycles. The Balaban J connectivity index is 1.91. The first-order valence-corrected chi connectivity index (χ1v) is 8.02. The summed E-state index contributed by atoms with van der Waals surface area (Å²) in [5, 5.41) is 7.78. The van der Waals surface area contributed by atoms with Gasteiger partial charge in [0.2, 0.25) is 5.91 Å². The van der Waals surface area contributed by atoms with Crippen molar-refractivity contribution in [2.75, 3.05) is 13.1 Å². The lowest BCUT2D eigenvalue weighted by atomic mass is 10.2. The number of carbonyl (C=O) groups excluding carboxylic acids is 1. The average Bonchev–Trinajstić information content (AvgIpc) is 2.69. The Labute approximate surface area is 127 Å². The highest BCUT2D eigenvalue weighted by molar-refractivity contribution is 5.81. The van der Waals surface area contributed by atoms with E-state index in [0.717, 1.165) is 37.3 Å². The Kier molecular flexibility index (Phi) is 5.39. The van der Waals surface area contributed by atoms with Crippen LogP contribution in [0.25, 0.3) is 0 Å². The molecule has 1 N–H and O–H groups in total. The number of nitrogens with one attached hydrogen (secondary N) is 1. The molecule has 0 saturated carbocycles. The van der Waals surface area contributed by atoms with Gasteiger partial charge in [-0.05, 0) is 33.6 Å². The van der Waals surface area contributed by atoms with Crippen LogP contribution in [0.2, 0.25) is 0 Å². The number of nitrogens with zero attached hydrogens (tertiary/aromatic N) is 3. The van der Waals surface area contributed by atoms with Crippen molar-refractivity contribution in [3.05, 3.63) is 17.0 Å². The largest absolute Gasteiger partial charge is 0.341 e. The van der Waals surface area contributed by atoms with E-state index in [2.05, 4.69) is 17.3 Å². The zero-order chi connectivity index (χ0) is 15.4. The summed E-state index contributed by atoms with van der Waals surface area (Å²) in [6.45, 7) is 8.58. The number of hydrogen-bond donors (Lipinski definition) is 1. The van der Waals surface area contributed by atoms with Gasteiger partial charge in [-0.3, -0.25) is 9.48 Å². The summed E-state index contributed by atoms with van der Waals surface area (Å²) in [7, 11) is 1.96. The molecule has 1 amide bonds. The molecule has 1 atom stereocenters. The monoisotopic (exact) mass is 292 g/mol. The molecule has 118 valence electrons. The molecule has 2 heterocycles. The first-order chi connectivity index (χ1) is 10.0. The van der Waals surface area contributed by atoms with Crippen molar-refractivity contribution < 1.29 is 4.79 Å². The summed E-state index contributed by atoms with van der Waals surface area (Å²) in [4.78, 5) is 14.5. The summed E-state index contributed by atoms with van der Waals surface area (Å²) in [5.41, 5.74) is 3.40. The lowest BCUT2D eigenvalue weighted by Crippen LogP contribution is -2.45. The molecule has 21 heavy (non-hydrogen) atoms. The Morgan fingerprint density at radius 2 is 1.86 bits per heavy atom. The van der Waals surface area contributed by atoms with Crippen LogP contribution >= 0.6 is 0 Å². The van der Waals surface area contributed by atoms with Crippen LogP contribution in [0.5, 0.6) is 0 Å². The molecule has 0 aliphatic carbocycles. The van der Waals surface area contributed by atoms with Crippen molar-refractivity contribution in [2.45, 2.75) is 59.0 Å². The van der Waals surface area contributed by atoms with Crippen molar-refractivity contribution in [1.82, 2.24) is 20.0 Å². The molecule has 0 aromatic carbocycles. The van der Waals surface area contributed by atoms with Gasteiger partial charge in [0.1, 0.15) is 0 Å². The van der Waals surface area contributed by atoms with E-state index in [1.54, 1.807) is 0 Å². The molecule has 1 aromatic heterocycles. The zero-order valence-corrected chi connectivity index (χ0v) is 13.8. The van der Waals surface area contributed by atoms with E-state index in [9.17, 15) is 4.79 Å². The van der Waals surface area contributed by atoms with Gasteiger partial charge < -0.3 is 10.2 Å². The van der Waals surface area contributed by atoms with E-state index >= 15 is 0 Å². The molecule has 5 nitrogen and oxygen atoms in total. The van der Waals surface area contributed by atoms with Crippen LogP contribution in [-0.4, -0.2) is 39.7 Å². The van der Waals surface area contributed by atoms with Gasteiger partial charge in [-0.2, -0.15) is 5.10 Å². The third-order valence-electron chi connectivity index (χ3n) is 4.53. The summed E-state index contributed by atoms with van der Waals surface area (Å²) in [6.07, 6.45) is 4.78. The highest BCUT2D eigenvalue weighted by Gasteiger charge is 2.21. The number of aromatic nitrogens is 2. The van der Waals surface area contributed by atoms with Gasteiger partial charge in [0.25, 0.3) is 0 Å². The number of carbonyl (C=O) groups is 1. The van der Waals surface area contributed by atoms with E-state index in [0.29, 0.717) is 6.54 Å². The van der Waals surface area contributed by atoms with Crippen molar-refractivity contribution in [1.29, 1.82) is 0 Å². The van der Waals surface area contributed by atoms with Crippen LogP contribution in [0.4, 0.5) is 0 Å². The number of aryl methyl sites for hydroxylation is 2. The van der Waals surface area contributed by atoms with Crippen molar-refractivity contribution in [3.63, 3.8) is 0 Å². The standard InChI is InChI=1S/C16H28N4O/c1-12-15(14(3)19(4)18-12)11-17-13(2)16(21)20-9-7-5-6-8-10-20/h13,17H,5-11H2,1-4H3. The molecule has 1 unspecified atom stereocenters. The van der Waals surface area contributed by atoms with Crippen LogP contribution in [0.3, 0.4) is 0 Å². The molecule has 0 radical (unpaired) electrons. The third kappa shape index (κ3) is 3.84. The predicted octanol–water partition coefficient (Wildman–Crippen LogP) is 1.92. The molecule has 1 saturated heterocycles. The Bertz CT molecular complexity index is 487. The Morgan fingerprint density at radius 1 is 1.24 bits per heavy atom. The predicted molar refractivity (Wildman–Crippen MR) is 84.0 cm³/mol. The summed E-state index contributed by atoms with van der Waals surface area (Å²) < 4.78 is 1.90. The van der Waals surface area contributed by atoms with E-state index in [-0.39, 0.29) is 11.9 Å². The van der Waals surface area contributed by atoms with Gasteiger partial charge in [0.15, 0.2) is 0 Å². The Hall–Kier alpha value is -1.36. The van der Waals surface area contributed by atoms with Crippen LogP contribution in [0.1, 0.15) is 49.6 Å².